The SMILES string of the molecule is CCCS(=O)(=O)Nc1cc(-c2cncc(C(=O)NC)c2)cnc1Cl. The first-order chi connectivity index (χ1) is 11.4. The molecule has 2 aromatic rings. The van der Waals surface area contributed by atoms with Gasteiger partial charge in [-0.3, -0.25) is 14.5 Å². The van der Waals surface area contributed by atoms with E-state index in [0.717, 1.165) is 0 Å². The van der Waals surface area contributed by atoms with Crippen molar-refractivity contribution in [2.75, 3.05) is 17.5 Å². The van der Waals surface area contributed by atoms with E-state index >= 15 is 0 Å². The highest BCUT2D eigenvalue weighted by Gasteiger charge is 2.14. The van der Waals surface area contributed by atoms with Gasteiger partial charge in [0.25, 0.3) is 5.91 Å². The zero-order valence-electron chi connectivity index (χ0n) is 13.2. The van der Waals surface area contributed by atoms with E-state index < -0.39 is 10.0 Å². The summed E-state index contributed by atoms with van der Waals surface area (Å²) in [6, 6.07) is 3.20. The molecule has 24 heavy (non-hydrogen) atoms. The van der Waals surface area contributed by atoms with Crippen LogP contribution in [-0.4, -0.2) is 37.1 Å². The number of halogens is 1. The molecule has 2 heterocycles. The summed E-state index contributed by atoms with van der Waals surface area (Å²) >= 11 is 5.98. The Balaban J connectivity index is 2.39. The number of anilines is 1. The lowest BCUT2D eigenvalue weighted by molar-refractivity contribution is 0.0962. The number of hydrogen-bond donors (Lipinski definition) is 2. The van der Waals surface area contributed by atoms with Gasteiger partial charge in [-0.25, -0.2) is 13.4 Å². The van der Waals surface area contributed by atoms with E-state index in [1.807, 2.05) is 0 Å². The zero-order chi connectivity index (χ0) is 17.7. The predicted octanol–water partition coefficient (Wildman–Crippen LogP) is 2.31. The highest BCUT2D eigenvalue weighted by atomic mass is 35.5. The van der Waals surface area contributed by atoms with Gasteiger partial charge < -0.3 is 5.32 Å². The van der Waals surface area contributed by atoms with Gasteiger partial charge in [0.1, 0.15) is 0 Å². The molecule has 7 nitrogen and oxygen atoms in total. The Bertz CT molecular complexity index is 856. The van der Waals surface area contributed by atoms with Crippen molar-refractivity contribution in [3.05, 3.63) is 41.4 Å². The number of carbonyl (C=O) groups is 1. The Labute approximate surface area is 145 Å². The molecule has 0 atom stereocenters. The van der Waals surface area contributed by atoms with Crippen LogP contribution in [0.25, 0.3) is 11.1 Å². The number of nitrogens with zero attached hydrogens (tertiary/aromatic N) is 2. The molecular formula is C15H17ClN4O3S. The second-order valence-corrected chi connectivity index (χ2v) is 7.22. The number of carbonyl (C=O) groups excluding carboxylic acids is 1. The van der Waals surface area contributed by atoms with Crippen LogP contribution in [0.5, 0.6) is 0 Å². The summed E-state index contributed by atoms with van der Waals surface area (Å²) in [5.74, 6) is -0.281. The molecule has 2 rings (SSSR count). The molecular weight excluding hydrogens is 352 g/mol. The topological polar surface area (TPSA) is 101 Å². The lowest BCUT2D eigenvalue weighted by Gasteiger charge is -2.10. The fourth-order valence-corrected chi connectivity index (χ4v) is 3.37. The summed E-state index contributed by atoms with van der Waals surface area (Å²) in [5, 5.41) is 2.57. The third-order valence-electron chi connectivity index (χ3n) is 3.14. The molecule has 9 heteroatoms. The number of sulfonamides is 1. The van der Waals surface area contributed by atoms with Gasteiger partial charge in [-0.15, -0.1) is 0 Å². The van der Waals surface area contributed by atoms with Crippen molar-refractivity contribution >= 4 is 33.2 Å². The van der Waals surface area contributed by atoms with Crippen molar-refractivity contribution in [2.24, 2.45) is 0 Å². The quantitative estimate of drug-likeness (QED) is 0.762. The molecule has 0 saturated heterocycles. The van der Waals surface area contributed by atoms with Crippen LogP contribution in [0.4, 0.5) is 5.69 Å². The van der Waals surface area contributed by atoms with Crippen molar-refractivity contribution in [3.8, 4) is 11.1 Å². The van der Waals surface area contributed by atoms with Crippen LogP contribution in [0.15, 0.2) is 30.7 Å². The van der Waals surface area contributed by atoms with Gasteiger partial charge >= 0.3 is 0 Å². The summed E-state index contributed by atoms with van der Waals surface area (Å²) in [7, 11) is -1.96. The second-order valence-electron chi connectivity index (χ2n) is 5.02. The highest BCUT2D eigenvalue weighted by molar-refractivity contribution is 7.92. The number of nitrogens with one attached hydrogen (secondary N) is 2. The third-order valence-corrected chi connectivity index (χ3v) is 4.92. The van der Waals surface area contributed by atoms with Gasteiger partial charge in [0.05, 0.1) is 17.0 Å². The van der Waals surface area contributed by atoms with E-state index in [1.54, 1.807) is 25.3 Å². The largest absolute Gasteiger partial charge is 0.355 e. The standard InChI is InChI=1S/C15H17ClN4O3S/c1-3-4-24(22,23)20-13-6-11(9-19-14(13)16)10-5-12(8-18-7-10)15(21)17-2/h5-9,20H,3-4H2,1-2H3,(H,17,21). The molecule has 0 bridgehead atoms. The Morgan fingerprint density at radius 3 is 2.58 bits per heavy atom. The first kappa shape index (κ1) is 18.2. The van der Waals surface area contributed by atoms with Crippen molar-refractivity contribution in [1.82, 2.24) is 15.3 Å². The van der Waals surface area contributed by atoms with Crippen LogP contribution in [0.1, 0.15) is 23.7 Å². The van der Waals surface area contributed by atoms with Gasteiger partial charge in [-0.05, 0) is 18.6 Å². The molecule has 0 aliphatic carbocycles. The Morgan fingerprint density at radius 1 is 1.21 bits per heavy atom. The predicted molar refractivity (Wildman–Crippen MR) is 93.6 cm³/mol. The van der Waals surface area contributed by atoms with Crippen LogP contribution in [0.3, 0.4) is 0 Å². The number of pyridine rings is 2. The fraction of sp³-hybridized carbons (Fsp3) is 0.267. The number of hydrogen-bond acceptors (Lipinski definition) is 5. The summed E-state index contributed by atoms with van der Waals surface area (Å²) < 4.78 is 26.3. The van der Waals surface area contributed by atoms with Crippen molar-refractivity contribution in [2.45, 2.75) is 13.3 Å². The maximum atomic E-state index is 11.9. The third kappa shape index (κ3) is 4.42. The van der Waals surface area contributed by atoms with Gasteiger partial charge in [0.2, 0.25) is 10.0 Å². The molecule has 0 saturated carbocycles. The molecule has 2 N–H and O–H groups in total. The van der Waals surface area contributed by atoms with Crippen molar-refractivity contribution in [1.29, 1.82) is 0 Å². The second kappa shape index (κ2) is 7.59. The van der Waals surface area contributed by atoms with Gasteiger partial charge in [0.15, 0.2) is 5.15 Å². The Morgan fingerprint density at radius 2 is 1.92 bits per heavy atom. The summed E-state index contributed by atoms with van der Waals surface area (Å²) in [6.07, 6.45) is 4.97. The molecule has 2 aromatic heterocycles. The van der Waals surface area contributed by atoms with Crippen molar-refractivity contribution < 1.29 is 13.2 Å². The number of amides is 1. The number of rotatable bonds is 6. The zero-order valence-corrected chi connectivity index (χ0v) is 14.8. The minimum absolute atomic E-state index is 0.0126. The van der Waals surface area contributed by atoms with Crippen LogP contribution in [-0.2, 0) is 10.0 Å². The molecule has 128 valence electrons. The van der Waals surface area contributed by atoms with Gasteiger partial charge in [-0.1, -0.05) is 18.5 Å². The van der Waals surface area contributed by atoms with E-state index in [9.17, 15) is 13.2 Å². The highest BCUT2D eigenvalue weighted by Crippen LogP contribution is 2.27. The van der Waals surface area contributed by atoms with Gasteiger partial charge in [-0.2, -0.15) is 0 Å². The lowest BCUT2D eigenvalue weighted by Crippen LogP contribution is -2.18. The Kier molecular flexibility index (Phi) is 5.74. The van der Waals surface area contributed by atoms with E-state index in [2.05, 4.69) is 20.0 Å². The number of aromatic nitrogens is 2. The van der Waals surface area contributed by atoms with E-state index in [0.29, 0.717) is 23.1 Å². The summed E-state index contributed by atoms with van der Waals surface area (Å²) in [5.41, 5.74) is 1.79. The fourth-order valence-electron chi connectivity index (χ4n) is 2.03. The average Bonchev–Trinajstić information content (AvgIpc) is 2.56. The van der Waals surface area contributed by atoms with Gasteiger partial charge in [0, 0.05) is 36.8 Å². The molecule has 0 aromatic carbocycles. The minimum Gasteiger partial charge on any atom is -0.355 e. The average molecular weight is 369 g/mol. The van der Waals surface area contributed by atoms with Crippen LogP contribution in [0.2, 0.25) is 5.15 Å². The molecule has 0 aliphatic rings. The molecule has 1 amide bonds. The van der Waals surface area contributed by atoms with Crippen LogP contribution in [0, 0.1) is 0 Å². The molecule has 0 radical (unpaired) electrons. The maximum absolute atomic E-state index is 11.9. The first-order valence-corrected chi connectivity index (χ1v) is 9.23. The van der Waals surface area contributed by atoms with E-state index in [1.165, 1.54) is 19.4 Å². The van der Waals surface area contributed by atoms with Crippen molar-refractivity contribution in [3.63, 3.8) is 0 Å². The van der Waals surface area contributed by atoms with E-state index in [-0.39, 0.29) is 22.5 Å². The maximum Gasteiger partial charge on any atom is 0.252 e. The Hall–Kier alpha value is -2.19. The van der Waals surface area contributed by atoms with Crippen LogP contribution >= 0.6 is 11.6 Å². The van der Waals surface area contributed by atoms with Crippen LogP contribution < -0.4 is 10.0 Å². The molecule has 0 unspecified atom stereocenters. The minimum atomic E-state index is -3.49. The summed E-state index contributed by atoms with van der Waals surface area (Å²) in [4.78, 5) is 19.7. The molecule has 0 aliphatic heterocycles. The molecule has 0 spiro atoms. The van der Waals surface area contributed by atoms with E-state index in [4.69, 9.17) is 11.6 Å². The first-order valence-electron chi connectivity index (χ1n) is 7.20. The molecule has 0 fully saturated rings. The normalized spacial score (nSPS) is 11.1. The smallest absolute Gasteiger partial charge is 0.252 e. The summed E-state index contributed by atoms with van der Waals surface area (Å²) in [6.45, 7) is 1.77. The monoisotopic (exact) mass is 368 g/mol. The lowest BCUT2D eigenvalue weighted by atomic mass is 10.1.